The van der Waals surface area contributed by atoms with E-state index in [9.17, 15) is 0 Å². The molecule has 0 heterocycles. The Hall–Kier alpha value is -1.38. The Labute approximate surface area is 143 Å². The number of hydrogen-bond donors (Lipinski definition) is 2. The Morgan fingerprint density at radius 1 is 1.14 bits per heavy atom. The summed E-state index contributed by atoms with van der Waals surface area (Å²) >= 11 is 0. The fraction of sp³-hybridized carbons (Fsp3) is 0.500. The third kappa shape index (κ3) is 5.86. The highest BCUT2D eigenvalue weighted by Gasteiger charge is 2.12. The Morgan fingerprint density at radius 3 is 2.14 bits per heavy atom. The van der Waals surface area contributed by atoms with E-state index in [-0.39, 0.29) is 24.0 Å². The summed E-state index contributed by atoms with van der Waals surface area (Å²) in [6.45, 7) is 3.24. The standard InChI is InChI=1S/C14H23N3O3.HI/c1-5-6-16-14(15)17-9-11-12(19-3)7-10(18-2)8-13(11)20-4;/h7-8H,5-6,9H2,1-4H3,(H3,15,16,17);1H. The van der Waals surface area contributed by atoms with Gasteiger partial charge < -0.3 is 25.3 Å². The summed E-state index contributed by atoms with van der Waals surface area (Å²) in [4.78, 5) is 4.29. The molecule has 0 radical (unpaired) electrons. The average Bonchev–Trinajstić information content (AvgIpc) is 2.49. The molecule has 1 rings (SSSR count). The molecule has 0 saturated heterocycles. The fourth-order valence-corrected chi connectivity index (χ4v) is 1.71. The highest BCUT2D eigenvalue weighted by Crippen LogP contribution is 2.34. The van der Waals surface area contributed by atoms with Gasteiger partial charge in [-0.05, 0) is 6.42 Å². The van der Waals surface area contributed by atoms with Crippen molar-refractivity contribution < 1.29 is 14.2 Å². The molecule has 0 aliphatic heterocycles. The van der Waals surface area contributed by atoms with Gasteiger partial charge in [0.15, 0.2) is 5.96 Å². The van der Waals surface area contributed by atoms with E-state index in [0.717, 1.165) is 18.5 Å². The summed E-state index contributed by atoms with van der Waals surface area (Å²) in [5.74, 6) is 2.40. The number of aliphatic imine (C=N–C) groups is 1. The molecule has 0 fully saturated rings. The van der Waals surface area contributed by atoms with Crippen LogP contribution in [0.4, 0.5) is 0 Å². The highest BCUT2D eigenvalue weighted by atomic mass is 127. The van der Waals surface area contributed by atoms with E-state index in [1.54, 1.807) is 33.5 Å². The van der Waals surface area contributed by atoms with Gasteiger partial charge in [0, 0.05) is 18.7 Å². The zero-order valence-corrected chi connectivity index (χ0v) is 15.3. The summed E-state index contributed by atoms with van der Waals surface area (Å²) in [6.07, 6.45) is 0.991. The molecular weight excluding hydrogens is 385 g/mol. The molecule has 120 valence electrons. The van der Waals surface area contributed by atoms with E-state index in [1.807, 2.05) is 0 Å². The van der Waals surface area contributed by atoms with Crippen LogP contribution in [0.3, 0.4) is 0 Å². The van der Waals surface area contributed by atoms with Crippen molar-refractivity contribution in [2.75, 3.05) is 27.9 Å². The van der Waals surface area contributed by atoms with Crippen LogP contribution >= 0.6 is 24.0 Å². The predicted molar refractivity (Wildman–Crippen MR) is 95.1 cm³/mol. The second kappa shape index (κ2) is 10.4. The number of ether oxygens (including phenoxy) is 3. The largest absolute Gasteiger partial charge is 0.496 e. The topological polar surface area (TPSA) is 78.1 Å². The van der Waals surface area contributed by atoms with Gasteiger partial charge in [-0.2, -0.15) is 0 Å². The molecule has 0 atom stereocenters. The lowest BCUT2D eigenvalue weighted by Gasteiger charge is -2.14. The molecule has 21 heavy (non-hydrogen) atoms. The molecule has 7 heteroatoms. The van der Waals surface area contributed by atoms with Gasteiger partial charge in [0.05, 0.1) is 33.4 Å². The zero-order chi connectivity index (χ0) is 15.0. The summed E-state index contributed by atoms with van der Waals surface area (Å²) in [7, 11) is 4.79. The minimum Gasteiger partial charge on any atom is -0.496 e. The first-order valence-corrected chi connectivity index (χ1v) is 6.48. The first-order valence-electron chi connectivity index (χ1n) is 6.48. The first kappa shape index (κ1) is 19.6. The monoisotopic (exact) mass is 409 g/mol. The molecule has 6 nitrogen and oxygen atoms in total. The number of nitrogens with zero attached hydrogens (tertiary/aromatic N) is 1. The molecule has 0 unspecified atom stereocenters. The Morgan fingerprint density at radius 2 is 1.71 bits per heavy atom. The van der Waals surface area contributed by atoms with Crippen LogP contribution in [0.5, 0.6) is 17.2 Å². The van der Waals surface area contributed by atoms with Gasteiger partial charge in [0.25, 0.3) is 0 Å². The van der Waals surface area contributed by atoms with E-state index in [4.69, 9.17) is 19.9 Å². The molecule has 1 aromatic carbocycles. The number of benzene rings is 1. The van der Waals surface area contributed by atoms with Crippen LogP contribution in [0.1, 0.15) is 18.9 Å². The van der Waals surface area contributed by atoms with Crippen LogP contribution in [-0.2, 0) is 6.54 Å². The summed E-state index contributed by atoms with van der Waals surface area (Å²) in [5, 5.41) is 3.02. The van der Waals surface area contributed by atoms with Gasteiger partial charge in [0.2, 0.25) is 0 Å². The van der Waals surface area contributed by atoms with Crippen molar-refractivity contribution in [3.8, 4) is 17.2 Å². The van der Waals surface area contributed by atoms with Crippen LogP contribution in [0.25, 0.3) is 0 Å². The molecule has 0 aromatic heterocycles. The quantitative estimate of drug-likeness (QED) is 0.410. The lowest BCUT2D eigenvalue weighted by Crippen LogP contribution is -2.32. The van der Waals surface area contributed by atoms with E-state index in [1.165, 1.54) is 0 Å². The number of methoxy groups -OCH3 is 3. The molecule has 0 amide bonds. The number of rotatable bonds is 7. The van der Waals surface area contributed by atoms with Crippen molar-refractivity contribution >= 4 is 29.9 Å². The van der Waals surface area contributed by atoms with Crippen LogP contribution in [-0.4, -0.2) is 33.8 Å². The van der Waals surface area contributed by atoms with Crippen molar-refractivity contribution in [3.05, 3.63) is 17.7 Å². The lowest BCUT2D eigenvalue weighted by molar-refractivity contribution is 0.369. The van der Waals surface area contributed by atoms with Gasteiger partial charge in [-0.1, -0.05) is 6.92 Å². The first-order chi connectivity index (χ1) is 9.65. The number of nitrogens with two attached hydrogens (primary N) is 1. The summed E-state index contributed by atoms with van der Waals surface area (Å²) in [5.41, 5.74) is 6.61. The normalized spacial score (nSPS) is 10.6. The number of guanidine groups is 1. The van der Waals surface area contributed by atoms with E-state index in [0.29, 0.717) is 29.8 Å². The van der Waals surface area contributed by atoms with Crippen LogP contribution in [0.2, 0.25) is 0 Å². The molecule has 0 bridgehead atoms. The van der Waals surface area contributed by atoms with Gasteiger partial charge in [0.1, 0.15) is 17.2 Å². The Balaban J connectivity index is 0.00000400. The minimum atomic E-state index is 0. The third-order valence-corrected chi connectivity index (χ3v) is 2.78. The predicted octanol–water partition coefficient (Wildman–Crippen LogP) is 2.14. The number of halogens is 1. The van der Waals surface area contributed by atoms with Crippen LogP contribution in [0.15, 0.2) is 17.1 Å². The molecule has 0 saturated carbocycles. The van der Waals surface area contributed by atoms with Crippen LogP contribution < -0.4 is 25.3 Å². The number of nitrogens with one attached hydrogen (secondary N) is 1. The maximum Gasteiger partial charge on any atom is 0.188 e. The maximum atomic E-state index is 5.78. The molecule has 3 N–H and O–H groups in total. The Bertz CT molecular complexity index is 442. The van der Waals surface area contributed by atoms with Gasteiger partial charge in [-0.25, -0.2) is 4.99 Å². The van der Waals surface area contributed by atoms with Crippen molar-refractivity contribution in [3.63, 3.8) is 0 Å². The maximum absolute atomic E-state index is 5.78. The highest BCUT2D eigenvalue weighted by molar-refractivity contribution is 14.0. The third-order valence-electron chi connectivity index (χ3n) is 2.78. The van der Waals surface area contributed by atoms with Crippen molar-refractivity contribution in [1.29, 1.82) is 0 Å². The fourth-order valence-electron chi connectivity index (χ4n) is 1.71. The van der Waals surface area contributed by atoms with Gasteiger partial charge in [-0.3, -0.25) is 0 Å². The van der Waals surface area contributed by atoms with Crippen molar-refractivity contribution in [2.24, 2.45) is 10.7 Å². The number of hydrogen-bond acceptors (Lipinski definition) is 4. The van der Waals surface area contributed by atoms with Crippen molar-refractivity contribution in [2.45, 2.75) is 19.9 Å². The lowest BCUT2D eigenvalue weighted by atomic mass is 10.1. The molecule has 1 aromatic rings. The molecule has 0 aliphatic rings. The molecular formula is C14H24IN3O3. The van der Waals surface area contributed by atoms with Crippen molar-refractivity contribution in [1.82, 2.24) is 5.32 Å². The average molecular weight is 409 g/mol. The smallest absolute Gasteiger partial charge is 0.188 e. The second-order valence-corrected chi connectivity index (χ2v) is 4.14. The van der Waals surface area contributed by atoms with Gasteiger partial charge in [-0.15, -0.1) is 24.0 Å². The van der Waals surface area contributed by atoms with E-state index in [2.05, 4.69) is 17.2 Å². The van der Waals surface area contributed by atoms with Gasteiger partial charge >= 0.3 is 0 Å². The summed E-state index contributed by atoms with van der Waals surface area (Å²) < 4.78 is 15.9. The second-order valence-electron chi connectivity index (χ2n) is 4.14. The Kier molecular flexibility index (Phi) is 9.68. The minimum absolute atomic E-state index is 0. The molecule has 0 aliphatic carbocycles. The van der Waals surface area contributed by atoms with E-state index >= 15 is 0 Å². The SMILES string of the molecule is CCCNC(N)=NCc1c(OC)cc(OC)cc1OC.I. The zero-order valence-electron chi connectivity index (χ0n) is 12.9. The van der Waals surface area contributed by atoms with Crippen LogP contribution in [0, 0.1) is 0 Å². The summed E-state index contributed by atoms with van der Waals surface area (Å²) in [6, 6.07) is 3.59. The van der Waals surface area contributed by atoms with E-state index < -0.39 is 0 Å². The molecule has 0 spiro atoms.